The van der Waals surface area contributed by atoms with Gasteiger partial charge in [-0.3, -0.25) is 29.3 Å². The Hall–Kier alpha value is -3.56. The van der Waals surface area contributed by atoms with Gasteiger partial charge >= 0.3 is 0 Å². The summed E-state index contributed by atoms with van der Waals surface area (Å²) in [5.74, 6) is 0.627. The Morgan fingerprint density at radius 2 is 1.77 bits per heavy atom. The third-order valence-electron chi connectivity index (χ3n) is 7.85. The molecule has 0 spiro atoms. The number of aromatic nitrogens is 2. The molecular weight excluding hydrogens is 518 g/mol. The molecule has 2 aromatic carbocycles. The number of nitro benzene ring substituents is 1. The van der Waals surface area contributed by atoms with Crippen LogP contribution in [0.3, 0.4) is 0 Å². The largest absolute Gasteiger partial charge is 0.302 e. The number of hydrogen-bond acceptors (Lipinski definition) is 6. The SMILES string of the molecule is Cn1nc2c(c1N(CCN1CCC(C(=O)c3ccccc3Cl)CC1)C(=O)c1ccc([N+](=O)[O-])cc1)CCCC2. The maximum atomic E-state index is 13.8. The number of rotatable bonds is 8. The lowest BCUT2D eigenvalue weighted by molar-refractivity contribution is -0.384. The van der Waals surface area contributed by atoms with Crippen molar-refractivity contribution in [2.24, 2.45) is 13.0 Å². The van der Waals surface area contributed by atoms with Crippen LogP contribution < -0.4 is 4.90 Å². The Kier molecular flexibility index (Phi) is 8.09. The van der Waals surface area contributed by atoms with Gasteiger partial charge in [0, 0.05) is 54.9 Å². The second kappa shape index (κ2) is 11.7. The summed E-state index contributed by atoms with van der Waals surface area (Å²) in [6.07, 6.45) is 5.39. The van der Waals surface area contributed by atoms with Crippen molar-refractivity contribution in [3.05, 3.63) is 86.1 Å². The number of piperidine rings is 1. The van der Waals surface area contributed by atoms with Crippen LogP contribution in [-0.4, -0.2) is 57.5 Å². The predicted molar refractivity (Wildman–Crippen MR) is 150 cm³/mol. The summed E-state index contributed by atoms with van der Waals surface area (Å²) in [5.41, 5.74) is 3.08. The molecule has 3 aromatic rings. The van der Waals surface area contributed by atoms with Gasteiger partial charge in [0.05, 0.1) is 15.6 Å². The van der Waals surface area contributed by atoms with Gasteiger partial charge in [-0.2, -0.15) is 5.10 Å². The van der Waals surface area contributed by atoms with Crippen molar-refractivity contribution in [1.29, 1.82) is 0 Å². The van der Waals surface area contributed by atoms with E-state index in [1.807, 2.05) is 19.2 Å². The molecule has 10 heteroatoms. The molecule has 1 aromatic heterocycles. The molecule has 0 unspecified atom stereocenters. The van der Waals surface area contributed by atoms with Crippen LogP contribution in [0.5, 0.6) is 0 Å². The maximum Gasteiger partial charge on any atom is 0.269 e. The highest BCUT2D eigenvalue weighted by atomic mass is 35.5. The Balaban J connectivity index is 1.31. The standard InChI is InChI=1S/C29H32ClN5O4/c1-32-28(24-7-3-5-9-26(24)31-32)34(29(37)21-10-12-22(13-11-21)35(38)39)19-18-33-16-14-20(15-17-33)27(36)23-6-2-4-8-25(23)30/h2,4,6,8,10-13,20H,3,5,7,9,14-19H2,1H3. The average Bonchev–Trinajstić information content (AvgIpc) is 3.29. The van der Waals surface area contributed by atoms with Gasteiger partial charge in [0.1, 0.15) is 5.82 Å². The minimum atomic E-state index is -0.469. The Morgan fingerprint density at radius 3 is 2.46 bits per heavy atom. The van der Waals surface area contributed by atoms with Crippen LogP contribution in [0.1, 0.15) is 57.7 Å². The van der Waals surface area contributed by atoms with Gasteiger partial charge in [-0.05, 0) is 75.9 Å². The smallest absolute Gasteiger partial charge is 0.269 e. The highest BCUT2D eigenvalue weighted by Gasteiger charge is 2.30. The molecule has 0 radical (unpaired) electrons. The molecule has 2 aliphatic rings. The van der Waals surface area contributed by atoms with Gasteiger partial charge < -0.3 is 4.90 Å². The van der Waals surface area contributed by atoms with E-state index in [2.05, 4.69) is 4.90 Å². The normalized spacial score (nSPS) is 16.1. The predicted octanol–water partition coefficient (Wildman–Crippen LogP) is 5.10. The third-order valence-corrected chi connectivity index (χ3v) is 8.18. The molecule has 5 rings (SSSR count). The molecule has 2 heterocycles. The number of ketones is 1. The number of carbonyl (C=O) groups excluding carboxylic acids is 2. The number of likely N-dealkylation sites (tertiary alicyclic amines) is 1. The number of amides is 1. The Bertz CT molecular complexity index is 1380. The molecular formula is C29H32ClN5O4. The lowest BCUT2D eigenvalue weighted by atomic mass is 9.89. The van der Waals surface area contributed by atoms with Gasteiger partial charge in [0.2, 0.25) is 0 Å². The Labute approximate surface area is 232 Å². The molecule has 1 aliphatic heterocycles. The van der Waals surface area contributed by atoms with Crippen LogP contribution >= 0.6 is 11.6 Å². The lowest BCUT2D eigenvalue weighted by Crippen LogP contribution is -2.43. The van der Waals surface area contributed by atoms with Crippen LogP contribution in [0.25, 0.3) is 0 Å². The van der Waals surface area contributed by atoms with Crippen LogP contribution in [0.15, 0.2) is 48.5 Å². The quantitative estimate of drug-likeness (QED) is 0.220. The van der Waals surface area contributed by atoms with E-state index in [1.54, 1.807) is 21.7 Å². The fourth-order valence-corrected chi connectivity index (χ4v) is 5.96. The number of nitro groups is 1. The highest BCUT2D eigenvalue weighted by molar-refractivity contribution is 6.34. The van der Waals surface area contributed by atoms with Crippen molar-refractivity contribution in [3.8, 4) is 0 Å². The average molecular weight is 550 g/mol. The number of anilines is 1. The molecule has 1 saturated heterocycles. The molecule has 0 N–H and O–H groups in total. The zero-order valence-corrected chi connectivity index (χ0v) is 22.8. The lowest BCUT2D eigenvalue weighted by Gasteiger charge is -2.33. The van der Waals surface area contributed by atoms with Gasteiger partial charge in [-0.1, -0.05) is 23.7 Å². The fourth-order valence-electron chi connectivity index (χ4n) is 5.73. The first-order valence-electron chi connectivity index (χ1n) is 13.5. The first-order valence-corrected chi connectivity index (χ1v) is 13.8. The number of halogens is 1. The molecule has 1 fully saturated rings. The topological polar surface area (TPSA) is 102 Å². The maximum absolute atomic E-state index is 13.8. The number of non-ortho nitro benzene ring substituents is 1. The van der Waals surface area contributed by atoms with Gasteiger partial charge in [0.25, 0.3) is 11.6 Å². The number of carbonyl (C=O) groups is 2. The van der Waals surface area contributed by atoms with Crippen LogP contribution in [0.4, 0.5) is 11.5 Å². The van der Waals surface area contributed by atoms with Crippen molar-refractivity contribution >= 4 is 34.8 Å². The zero-order valence-electron chi connectivity index (χ0n) is 22.0. The minimum Gasteiger partial charge on any atom is -0.302 e. The van der Waals surface area contributed by atoms with E-state index in [0.717, 1.165) is 68.7 Å². The molecule has 204 valence electrons. The number of nitrogens with zero attached hydrogens (tertiary/aromatic N) is 5. The summed E-state index contributed by atoms with van der Waals surface area (Å²) in [6, 6.07) is 13.0. The molecule has 0 saturated carbocycles. The van der Waals surface area contributed by atoms with E-state index < -0.39 is 4.92 Å². The van der Waals surface area contributed by atoms with E-state index in [-0.39, 0.29) is 23.3 Å². The van der Waals surface area contributed by atoms with Crippen molar-refractivity contribution in [2.75, 3.05) is 31.1 Å². The molecule has 1 amide bonds. The molecule has 0 atom stereocenters. The van der Waals surface area contributed by atoms with E-state index in [1.165, 1.54) is 24.3 Å². The minimum absolute atomic E-state index is 0.0507. The van der Waals surface area contributed by atoms with Crippen molar-refractivity contribution in [3.63, 3.8) is 0 Å². The monoisotopic (exact) mass is 549 g/mol. The first kappa shape index (κ1) is 27.0. The molecule has 9 nitrogen and oxygen atoms in total. The number of Topliss-reactive ketones (excluding diaryl/α,β-unsaturated/α-hetero) is 1. The van der Waals surface area contributed by atoms with Crippen molar-refractivity contribution < 1.29 is 14.5 Å². The van der Waals surface area contributed by atoms with Crippen molar-refractivity contribution in [1.82, 2.24) is 14.7 Å². The summed E-state index contributed by atoms with van der Waals surface area (Å²) in [7, 11) is 1.87. The van der Waals surface area contributed by atoms with E-state index in [4.69, 9.17) is 16.7 Å². The summed E-state index contributed by atoms with van der Waals surface area (Å²) in [4.78, 5) is 41.5. The van der Waals surface area contributed by atoms with Crippen LogP contribution in [0, 0.1) is 16.0 Å². The second-order valence-corrected chi connectivity index (χ2v) is 10.7. The zero-order chi connectivity index (χ0) is 27.5. The van der Waals surface area contributed by atoms with E-state index in [0.29, 0.717) is 29.2 Å². The summed E-state index contributed by atoms with van der Waals surface area (Å²) in [6.45, 7) is 2.60. The van der Waals surface area contributed by atoms with Crippen molar-refractivity contribution in [2.45, 2.75) is 38.5 Å². The van der Waals surface area contributed by atoms with Gasteiger partial charge in [0.15, 0.2) is 5.78 Å². The summed E-state index contributed by atoms with van der Waals surface area (Å²) < 4.78 is 1.80. The molecule has 39 heavy (non-hydrogen) atoms. The van der Waals surface area contributed by atoms with E-state index in [9.17, 15) is 19.7 Å². The molecule has 1 aliphatic carbocycles. The summed E-state index contributed by atoms with van der Waals surface area (Å²) in [5, 5.41) is 16.3. The molecule has 0 bridgehead atoms. The first-order chi connectivity index (χ1) is 18.8. The second-order valence-electron chi connectivity index (χ2n) is 10.3. The van der Waals surface area contributed by atoms with Gasteiger partial charge in [-0.25, -0.2) is 0 Å². The van der Waals surface area contributed by atoms with Gasteiger partial charge in [-0.15, -0.1) is 0 Å². The van der Waals surface area contributed by atoms with E-state index >= 15 is 0 Å². The summed E-state index contributed by atoms with van der Waals surface area (Å²) >= 11 is 6.26. The van der Waals surface area contributed by atoms with Crippen LogP contribution in [-0.2, 0) is 19.9 Å². The highest BCUT2D eigenvalue weighted by Crippen LogP contribution is 2.32. The number of benzene rings is 2. The number of aryl methyl sites for hydroxylation is 2. The Morgan fingerprint density at radius 1 is 1.08 bits per heavy atom. The van der Waals surface area contributed by atoms with Crippen LogP contribution in [0.2, 0.25) is 5.02 Å². The fraction of sp³-hybridized carbons (Fsp3) is 0.414. The number of hydrogen-bond donors (Lipinski definition) is 0. The number of fused-ring (bicyclic) bond motifs is 1. The third kappa shape index (κ3) is 5.74.